The fraction of sp³-hybridized carbons (Fsp3) is 0.300. The number of ketones is 1. The number of hydrogen-bond acceptors (Lipinski definition) is 2. The van der Waals surface area contributed by atoms with Gasteiger partial charge in [-0.1, -0.05) is 30.7 Å². The molecule has 0 fully saturated rings. The quantitative estimate of drug-likeness (QED) is 0.716. The average Bonchev–Trinajstić information content (AvgIpc) is 2.14. The van der Waals surface area contributed by atoms with Gasteiger partial charge in [-0.3, -0.25) is 4.79 Å². The summed E-state index contributed by atoms with van der Waals surface area (Å²) in [5.41, 5.74) is 0.702. The van der Waals surface area contributed by atoms with E-state index in [0.29, 0.717) is 16.3 Å². The fourth-order valence-electron chi connectivity index (χ4n) is 0.940. The van der Waals surface area contributed by atoms with Gasteiger partial charge in [0, 0.05) is 10.6 Å². The molecule has 0 atom stereocenters. The highest BCUT2D eigenvalue weighted by Crippen LogP contribution is 2.13. The molecular formula is C10H11ClOS. The van der Waals surface area contributed by atoms with Crippen LogP contribution in [0.1, 0.15) is 17.3 Å². The minimum absolute atomic E-state index is 0.148. The van der Waals surface area contributed by atoms with Crippen molar-refractivity contribution >= 4 is 29.1 Å². The van der Waals surface area contributed by atoms with Gasteiger partial charge in [-0.05, 0) is 17.9 Å². The van der Waals surface area contributed by atoms with Crippen molar-refractivity contribution in [2.24, 2.45) is 0 Å². The Morgan fingerprint density at radius 3 is 2.92 bits per heavy atom. The molecule has 0 aliphatic carbocycles. The molecule has 0 aromatic heterocycles. The number of carbonyl (C=O) groups excluding carboxylic acids is 1. The normalized spacial score (nSPS) is 10.0. The largest absolute Gasteiger partial charge is 0.293 e. The summed E-state index contributed by atoms with van der Waals surface area (Å²) in [5.74, 6) is 1.65. The van der Waals surface area contributed by atoms with Crippen molar-refractivity contribution in [1.82, 2.24) is 0 Å². The van der Waals surface area contributed by atoms with Crippen molar-refractivity contribution in [3.63, 3.8) is 0 Å². The molecule has 0 saturated carbocycles. The standard InChI is InChI=1S/C10H11ClOS/c1-2-13-7-10(12)8-4-3-5-9(11)6-8/h3-6H,2,7H2,1H3. The number of carbonyl (C=O) groups is 1. The highest BCUT2D eigenvalue weighted by Gasteiger charge is 2.04. The maximum atomic E-state index is 11.5. The van der Waals surface area contributed by atoms with Gasteiger partial charge in [0.05, 0.1) is 5.75 Å². The van der Waals surface area contributed by atoms with Crippen LogP contribution in [0.15, 0.2) is 24.3 Å². The molecule has 0 unspecified atom stereocenters. The van der Waals surface area contributed by atoms with E-state index in [0.717, 1.165) is 5.75 Å². The van der Waals surface area contributed by atoms with Gasteiger partial charge in [0.2, 0.25) is 0 Å². The van der Waals surface area contributed by atoms with Crippen molar-refractivity contribution in [2.75, 3.05) is 11.5 Å². The number of Topliss-reactive ketones (excluding diaryl/α,β-unsaturated/α-hetero) is 1. The fourth-order valence-corrected chi connectivity index (χ4v) is 1.69. The summed E-state index contributed by atoms with van der Waals surface area (Å²) in [7, 11) is 0. The second-order valence-electron chi connectivity index (χ2n) is 2.57. The summed E-state index contributed by atoms with van der Waals surface area (Å²) < 4.78 is 0. The third kappa shape index (κ3) is 3.41. The van der Waals surface area contributed by atoms with Crippen molar-refractivity contribution in [3.8, 4) is 0 Å². The van der Waals surface area contributed by atoms with Gasteiger partial charge in [0.1, 0.15) is 0 Å². The van der Waals surface area contributed by atoms with Crippen molar-refractivity contribution in [1.29, 1.82) is 0 Å². The Balaban J connectivity index is 2.66. The van der Waals surface area contributed by atoms with Crippen LogP contribution in [0.2, 0.25) is 5.02 Å². The van der Waals surface area contributed by atoms with Gasteiger partial charge in [0.15, 0.2) is 5.78 Å². The predicted molar refractivity (Wildman–Crippen MR) is 58.8 cm³/mol. The maximum Gasteiger partial charge on any atom is 0.172 e. The molecule has 0 saturated heterocycles. The third-order valence-electron chi connectivity index (χ3n) is 1.58. The zero-order chi connectivity index (χ0) is 9.68. The molecule has 0 heterocycles. The maximum absolute atomic E-state index is 11.5. The Hall–Kier alpha value is -0.470. The molecule has 13 heavy (non-hydrogen) atoms. The minimum Gasteiger partial charge on any atom is -0.293 e. The van der Waals surface area contributed by atoms with Gasteiger partial charge in [0.25, 0.3) is 0 Å². The highest BCUT2D eigenvalue weighted by molar-refractivity contribution is 7.99. The average molecular weight is 215 g/mol. The van der Waals surface area contributed by atoms with E-state index in [1.807, 2.05) is 6.92 Å². The van der Waals surface area contributed by atoms with Gasteiger partial charge < -0.3 is 0 Å². The van der Waals surface area contributed by atoms with Gasteiger partial charge in [-0.15, -0.1) is 0 Å². The van der Waals surface area contributed by atoms with E-state index in [9.17, 15) is 4.79 Å². The van der Waals surface area contributed by atoms with Gasteiger partial charge >= 0.3 is 0 Å². The summed E-state index contributed by atoms with van der Waals surface area (Å²) in [6.45, 7) is 2.04. The molecular weight excluding hydrogens is 204 g/mol. The zero-order valence-electron chi connectivity index (χ0n) is 7.42. The van der Waals surface area contributed by atoms with E-state index in [-0.39, 0.29) is 5.78 Å². The Kier molecular flexibility index (Phi) is 4.33. The van der Waals surface area contributed by atoms with Crippen LogP contribution in [-0.4, -0.2) is 17.3 Å². The van der Waals surface area contributed by atoms with Crippen LogP contribution in [0.5, 0.6) is 0 Å². The van der Waals surface area contributed by atoms with Crippen LogP contribution in [0.3, 0.4) is 0 Å². The van der Waals surface area contributed by atoms with Gasteiger partial charge in [-0.2, -0.15) is 11.8 Å². The summed E-state index contributed by atoms with van der Waals surface area (Å²) in [6.07, 6.45) is 0. The van der Waals surface area contributed by atoms with Crippen molar-refractivity contribution in [2.45, 2.75) is 6.92 Å². The van der Waals surface area contributed by atoms with Gasteiger partial charge in [-0.25, -0.2) is 0 Å². The Bertz CT molecular complexity index is 299. The number of hydrogen-bond donors (Lipinski definition) is 0. The SMILES string of the molecule is CCSCC(=O)c1cccc(Cl)c1. The molecule has 70 valence electrons. The van der Waals surface area contributed by atoms with E-state index in [1.165, 1.54) is 0 Å². The second-order valence-corrected chi connectivity index (χ2v) is 4.28. The summed E-state index contributed by atoms with van der Waals surface area (Å²) in [5, 5.41) is 0.618. The van der Waals surface area contributed by atoms with E-state index in [4.69, 9.17) is 11.6 Å². The predicted octanol–water partition coefficient (Wildman–Crippen LogP) is 3.28. The Morgan fingerprint density at radius 2 is 2.31 bits per heavy atom. The lowest BCUT2D eigenvalue weighted by Gasteiger charge is -1.99. The third-order valence-corrected chi connectivity index (χ3v) is 2.69. The van der Waals surface area contributed by atoms with E-state index in [2.05, 4.69) is 0 Å². The van der Waals surface area contributed by atoms with Crippen LogP contribution in [0, 0.1) is 0 Å². The first-order valence-corrected chi connectivity index (χ1v) is 5.64. The molecule has 0 amide bonds. The molecule has 1 aromatic rings. The molecule has 0 radical (unpaired) electrons. The summed E-state index contributed by atoms with van der Waals surface area (Å²) in [4.78, 5) is 11.5. The van der Waals surface area contributed by atoms with Crippen LogP contribution in [0.25, 0.3) is 0 Å². The molecule has 0 bridgehead atoms. The monoisotopic (exact) mass is 214 g/mol. The highest BCUT2D eigenvalue weighted by atomic mass is 35.5. The molecule has 1 rings (SSSR count). The lowest BCUT2D eigenvalue weighted by atomic mass is 10.1. The molecule has 0 N–H and O–H groups in total. The Morgan fingerprint density at radius 1 is 1.54 bits per heavy atom. The molecule has 0 spiro atoms. The number of halogens is 1. The second kappa shape index (κ2) is 5.30. The minimum atomic E-state index is 0.148. The number of rotatable bonds is 4. The molecule has 1 nitrogen and oxygen atoms in total. The number of benzene rings is 1. The molecule has 0 aliphatic rings. The van der Waals surface area contributed by atoms with Crippen molar-refractivity contribution in [3.05, 3.63) is 34.9 Å². The lowest BCUT2D eigenvalue weighted by Crippen LogP contribution is -2.02. The first-order chi connectivity index (χ1) is 6.24. The lowest BCUT2D eigenvalue weighted by molar-refractivity contribution is 0.102. The smallest absolute Gasteiger partial charge is 0.172 e. The van der Waals surface area contributed by atoms with Crippen LogP contribution >= 0.6 is 23.4 Å². The first kappa shape index (κ1) is 10.6. The topological polar surface area (TPSA) is 17.1 Å². The van der Waals surface area contributed by atoms with E-state index >= 15 is 0 Å². The zero-order valence-corrected chi connectivity index (χ0v) is 8.99. The molecule has 0 aliphatic heterocycles. The first-order valence-electron chi connectivity index (χ1n) is 4.10. The summed E-state index contributed by atoms with van der Waals surface area (Å²) in [6, 6.07) is 7.07. The molecule has 3 heteroatoms. The Labute approximate surface area is 87.5 Å². The summed E-state index contributed by atoms with van der Waals surface area (Å²) >= 11 is 7.39. The van der Waals surface area contributed by atoms with Crippen LogP contribution < -0.4 is 0 Å². The van der Waals surface area contributed by atoms with Crippen LogP contribution in [0.4, 0.5) is 0 Å². The van der Waals surface area contributed by atoms with E-state index in [1.54, 1.807) is 36.0 Å². The van der Waals surface area contributed by atoms with Crippen LogP contribution in [-0.2, 0) is 0 Å². The van der Waals surface area contributed by atoms with E-state index < -0.39 is 0 Å². The number of thioether (sulfide) groups is 1. The van der Waals surface area contributed by atoms with Crippen molar-refractivity contribution < 1.29 is 4.79 Å². The molecule has 1 aromatic carbocycles.